The van der Waals surface area contributed by atoms with Gasteiger partial charge in [-0.2, -0.15) is 18.2 Å². The second-order valence-corrected chi connectivity index (χ2v) is 8.99. The number of hydrogen-bond acceptors (Lipinski definition) is 6. The van der Waals surface area contributed by atoms with Crippen molar-refractivity contribution in [2.75, 3.05) is 36.4 Å². The molecule has 0 bridgehead atoms. The van der Waals surface area contributed by atoms with E-state index in [1.54, 1.807) is 10.6 Å². The molecule has 34 heavy (non-hydrogen) atoms. The fourth-order valence-corrected chi connectivity index (χ4v) is 4.78. The molecule has 1 aromatic heterocycles. The minimum absolute atomic E-state index is 0.0437. The fourth-order valence-electron chi connectivity index (χ4n) is 4.78. The molecule has 184 valence electrons. The Morgan fingerprint density at radius 1 is 1.12 bits per heavy atom. The second-order valence-electron chi connectivity index (χ2n) is 8.99. The zero-order valence-corrected chi connectivity index (χ0v) is 18.2. The summed E-state index contributed by atoms with van der Waals surface area (Å²) in [7, 11) is 0. The van der Waals surface area contributed by atoms with Gasteiger partial charge in [-0.1, -0.05) is 0 Å². The summed E-state index contributed by atoms with van der Waals surface area (Å²) >= 11 is 0. The third-order valence-corrected chi connectivity index (χ3v) is 6.51. The molecule has 5 rings (SSSR count). The van der Waals surface area contributed by atoms with Crippen LogP contribution in [-0.4, -0.2) is 59.0 Å². The van der Waals surface area contributed by atoms with Gasteiger partial charge in [-0.15, -0.1) is 0 Å². The number of anilines is 2. The summed E-state index contributed by atoms with van der Waals surface area (Å²) < 4.78 is 72.9. The van der Waals surface area contributed by atoms with Gasteiger partial charge in [-0.05, 0) is 30.5 Å². The van der Waals surface area contributed by atoms with Crippen LogP contribution in [0.3, 0.4) is 0 Å². The van der Waals surface area contributed by atoms with Crippen molar-refractivity contribution in [2.24, 2.45) is 0 Å². The first kappa shape index (κ1) is 22.9. The van der Waals surface area contributed by atoms with Crippen molar-refractivity contribution in [2.45, 2.75) is 50.7 Å². The predicted molar refractivity (Wildman–Crippen MR) is 114 cm³/mol. The lowest BCUT2D eigenvalue weighted by molar-refractivity contribution is -0.142. The van der Waals surface area contributed by atoms with Crippen molar-refractivity contribution < 1.29 is 26.7 Å². The van der Waals surface area contributed by atoms with E-state index in [9.17, 15) is 26.7 Å². The molecule has 1 atom stereocenters. The van der Waals surface area contributed by atoms with Gasteiger partial charge in [-0.25, -0.2) is 13.6 Å². The largest absolute Gasteiger partial charge is 0.482 e. The first-order chi connectivity index (χ1) is 16.2. The van der Waals surface area contributed by atoms with Crippen LogP contribution in [0.15, 0.2) is 23.0 Å². The fraction of sp³-hybridized carbons (Fsp3) is 0.545. The molecule has 3 aliphatic rings. The summed E-state index contributed by atoms with van der Waals surface area (Å²) in [4.78, 5) is 20.1. The quantitative estimate of drug-likeness (QED) is 0.609. The molecular weight excluding hydrogens is 461 g/mol. The summed E-state index contributed by atoms with van der Waals surface area (Å²) in [5.74, 6) is -1.20. The predicted octanol–water partition coefficient (Wildman–Crippen LogP) is 3.13. The highest BCUT2D eigenvalue weighted by molar-refractivity contribution is 5.53. The van der Waals surface area contributed by atoms with E-state index in [4.69, 9.17) is 4.74 Å². The molecule has 1 unspecified atom stereocenters. The van der Waals surface area contributed by atoms with E-state index in [1.165, 1.54) is 4.90 Å². The number of alkyl halides is 3. The van der Waals surface area contributed by atoms with Crippen molar-refractivity contribution in [1.82, 2.24) is 14.5 Å². The summed E-state index contributed by atoms with van der Waals surface area (Å²) in [5.41, 5.74) is -0.0653. The Bertz CT molecular complexity index is 1110. The summed E-state index contributed by atoms with van der Waals surface area (Å²) in [6.45, 7) is 1.73. The van der Waals surface area contributed by atoms with Crippen LogP contribution in [0.2, 0.25) is 0 Å². The highest BCUT2D eigenvalue weighted by Crippen LogP contribution is 2.33. The zero-order chi connectivity index (χ0) is 24.0. The van der Waals surface area contributed by atoms with Crippen LogP contribution in [0.1, 0.15) is 24.8 Å². The summed E-state index contributed by atoms with van der Waals surface area (Å²) in [6, 6.07) is 4.34. The Morgan fingerprint density at radius 3 is 2.56 bits per heavy atom. The molecule has 2 fully saturated rings. The van der Waals surface area contributed by atoms with Gasteiger partial charge in [0.2, 0.25) is 0 Å². The average Bonchev–Trinajstić information content (AvgIpc) is 3.31. The van der Waals surface area contributed by atoms with E-state index < -0.39 is 36.1 Å². The van der Waals surface area contributed by atoms with Gasteiger partial charge in [0.25, 0.3) is 0 Å². The number of rotatable bonds is 7. The first-order valence-electron chi connectivity index (χ1n) is 11.2. The van der Waals surface area contributed by atoms with Crippen LogP contribution >= 0.6 is 0 Å². The number of halogens is 5. The van der Waals surface area contributed by atoms with E-state index >= 15 is 0 Å². The molecule has 0 saturated carbocycles. The monoisotopic (exact) mass is 485 g/mol. The molecule has 2 saturated heterocycles. The Morgan fingerprint density at radius 2 is 1.85 bits per heavy atom. The lowest BCUT2D eigenvalue weighted by Gasteiger charge is -2.39. The van der Waals surface area contributed by atoms with Crippen LogP contribution < -0.4 is 20.6 Å². The molecule has 4 heterocycles. The lowest BCUT2D eigenvalue weighted by atomic mass is 10.1. The lowest BCUT2D eigenvalue weighted by Crippen LogP contribution is -2.54. The molecule has 3 aliphatic heterocycles. The van der Waals surface area contributed by atoms with E-state index in [1.807, 2.05) is 0 Å². The van der Waals surface area contributed by atoms with E-state index in [-0.39, 0.29) is 31.9 Å². The minimum atomic E-state index is -4.24. The number of ether oxygens (including phenoxy) is 1. The number of hydrogen-bond donors (Lipinski definition) is 1. The summed E-state index contributed by atoms with van der Waals surface area (Å²) in [6.07, 6.45) is -3.64. The topological polar surface area (TPSA) is 62.6 Å². The van der Waals surface area contributed by atoms with E-state index in [0.29, 0.717) is 24.0 Å². The number of aromatic nitrogens is 2. The van der Waals surface area contributed by atoms with Gasteiger partial charge in [0.1, 0.15) is 17.7 Å². The van der Waals surface area contributed by atoms with Crippen molar-refractivity contribution in [3.8, 4) is 5.75 Å². The number of likely N-dealkylation sites (tertiary alicyclic amines) is 1. The molecule has 7 nitrogen and oxygen atoms in total. The minimum Gasteiger partial charge on any atom is -0.482 e. The van der Waals surface area contributed by atoms with Crippen molar-refractivity contribution in [3.05, 3.63) is 45.9 Å². The Hall–Kier alpha value is -2.89. The van der Waals surface area contributed by atoms with E-state index in [0.717, 1.165) is 37.3 Å². The van der Waals surface area contributed by atoms with Crippen molar-refractivity contribution in [3.63, 3.8) is 0 Å². The Balaban J connectivity index is 1.19. The maximum atomic E-state index is 14.5. The Kier molecular flexibility index (Phi) is 5.86. The zero-order valence-electron chi connectivity index (χ0n) is 18.2. The van der Waals surface area contributed by atoms with Gasteiger partial charge in [-0.3, -0.25) is 9.47 Å². The average molecular weight is 485 g/mol. The molecule has 1 aromatic carbocycles. The molecule has 12 heteroatoms. The van der Waals surface area contributed by atoms with Crippen molar-refractivity contribution in [1.29, 1.82) is 0 Å². The number of nitrogens with zero attached hydrogens (tertiary/aromatic N) is 4. The van der Waals surface area contributed by atoms with Crippen LogP contribution in [0.4, 0.5) is 33.6 Å². The molecule has 1 N–H and O–H groups in total. The maximum absolute atomic E-state index is 14.5. The van der Waals surface area contributed by atoms with Crippen LogP contribution in [0, 0.1) is 11.6 Å². The third-order valence-electron chi connectivity index (χ3n) is 6.51. The Labute approximate surface area is 192 Å². The SMILES string of the molecule is O=c1nc(NCc2cc(F)c(OC3CN(CCC(F)(F)F)C3)c(F)c2)cc2n1CC1CCCN21. The first-order valence-corrected chi connectivity index (χ1v) is 11.2. The van der Waals surface area contributed by atoms with Crippen LogP contribution in [-0.2, 0) is 13.1 Å². The number of nitrogens with one attached hydrogen (secondary N) is 1. The van der Waals surface area contributed by atoms with Crippen LogP contribution in [0.5, 0.6) is 5.75 Å². The highest BCUT2D eigenvalue weighted by atomic mass is 19.4. The molecule has 2 aromatic rings. The molecule has 0 radical (unpaired) electrons. The molecule has 0 aliphatic carbocycles. The smallest absolute Gasteiger partial charge is 0.390 e. The molecular formula is C22H24F5N5O2. The van der Waals surface area contributed by atoms with Gasteiger partial charge in [0, 0.05) is 51.4 Å². The van der Waals surface area contributed by atoms with Gasteiger partial charge >= 0.3 is 11.9 Å². The highest BCUT2D eigenvalue weighted by Gasteiger charge is 2.35. The second kappa shape index (κ2) is 8.71. The van der Waals surface area contributed by atoms with Crippen LogP contribution in [0.25, 0.3) is 0 Å². The van der Waals surface area contributed by atoms with Crippen molar-refractivity contribution >= 4 is 11.6 Å². The number of fused-ring (bicyclic) bond motifs is 3. The van der Waals surface area contributed by atoms with Gasteiger partial charge in [0.15, 0.2) is 17.4 Å². The third kappa shape index (κ3) is 4.68. The standard InChI is InChI=1S/C22H24F5N5O2/c23-16-6-13(7-17(24)20(16)34-15-11-30(12-15)5-3-22(25,26)27)9-28-18-8-19-31-4-1-2-14(31)10-32(19)21(33)29-18/h6-8,14-15H,1-5,9-12H2,(H,28,29,33). The maximum Gasteiger partial charge on any atom is 0.390 e. The number of benzene rings is 1. The molecule has 0 amide bonds. The van der Waals surface area contributed by atoms with Gasteiger partial charge < -0.3 is 15.0 Å². The van der Waals surface area contributed by atoms with E-state index in [2.05, 4.69) is 15.2 Å². The molecule has 0 spiro atoms. The van der Waals surface area contributed by atoms with Gasteiger partial charge in [0.05, 0.1) is 6.42 Å². The summed E-state index contributed by atoms with van der Waals surface area (Å²) in [5, 5.41) is 2.96. The normalized spacial score (nSPS) is 20.3.